The van der Waals surface area contributed by atoms with Crippen LogP contribution in [0.15, 0.2) is 36.5 Å². The van der Waals surface area contributed by atoms with Crippen molar-refractivity contribution >= 4 is 5.97 Å². The van der Waals surface area contributed by atoms with Crippen LogP contribution in [-0.4, -0.2) is 11.0 Å². The Labute approximate surface area is 121 Å². The van der Waals surface area contributed by atoms with Crippen molar-refractivity contribution in [1.82, 2.24) is 4.98 Å². The van der Waals surface area contributed by atoms with E-state index in [0.717, 1.165) is 5.56 Å². The van der Waals surface area contributed by atoms with E-state index >= 15 is 0 Å². The second-order valence-corrected chi connectivity index (χ2v) is 4.88. The minimum absolute atomic E-state index is 0.142. The number of carbonyl (C=O) groups excluding carboxylic acids is 1. The largest absolute Gasteiger partial charge is 0.439 e. The minimum atomic E-state index is -0.233. The lowest BCUT2D eigenvalue weighted by Crippen LogP contribution is -2.18. The molecule has 0 bridgehead atoms. The van der Waals surface area contributed by atoms with Gasteiger partial charge in [-0.15, -0.1) is 0 Å². The third-order valence-corrected chi connectivity index (χ3v) is 3.30. The zero-order valence-corrected chi connectivity index (χ0v) is 11.4. The summed E-state index contributed by atoms with van der Waals surface area (Å²) in [4.78, 5) is 15.5. The van der Waals surface area contributed by atoms with Gasteiger partial charge in [0.25, 0.3) is 0 Å². The number of hydrogen-bond acceptors (Lipinski definition) is 5. The maximum atomic E-state index is 11.5. The van der Waals surface area contributed by atoms with E-state index in [1.807, 2.05) is 25.1 Å². The summed E-state index contributed by atoms with van der Waals surface area (Å²) in [6.07, 6.45) is 1.83. The Hall–Kier alpha value is -2.87. The van der Waals surface area contributed by atoms with Crippen molar-refractivity contribution in [3.63, 3.8) is 0 Å². The van der Waals surface area contributed by atoms with Crippen molar-refractivity contribution in [3.05, 3.63) is 47.7 Å². The Kier molecular flexibility index (Phi) is 3.28. The molecule has 5 heteroatoms. The molecule has 0 fully saturated rings. The van der Waals surface area contributed by atoms with Gasteiger partial charge in [0, 0.05) is 18.3 Å². The molecule has 0 saturated carbocycles. The van der Waals surface area contributed by atoms with Crippen molar-refractivity contribution in [2.45, 2.75) is 19.3 Å². The van der Waals surface area contributed by atoms with Gasteiger partial charge in [0.15, 0.2) is 0 Å². The number of pyridine rings is 1. The molecule has 2 aromatic rings. The van der Waals surface area contributed by atoms with Crippen molar-refractivity contribution in [2.24, 2.45) is 0 Å². The molecule has 2 heterocycles. The average Bonchev–Trinajstić information content (AvgIpc) is 2.47. The first kappa shape index (κ1) is 13.1. The summed E-state index contributed by atoms with van der Waals surface area (Å²) in [5.74, 6) is 1.36. The van der Waals surface area contributed by atoms with E-state index in [2.05, 4.69) is 4.98 Å². The first-order valence-corrected chi connectivity index (χ1v) is 6.54. The molecule has 1 aliphatic heterocycles. The number of carbonyl (C=O) groups is 1. The fourth-order valence-corrected chi connectivity index (χ4v) is 2.23. The molecule has 0 N–H and O–H groups in total. The number of nitriles is 1. The molecule has 104 valence electrons. The monoisotopic (exact) mass is 280 g/mol. The van der Waals surface area contributed by atoms with Crippen LogP contribution in [0.2, 0.25) is 0 Å². The van der Waals surface area contributed by atoms with Gasteiger partial charge in [-0.05, 0) is 23.6 Å². The number of rotatable bonds is 2. The normalized spacial score (nSPS) is 16.6. The predicted molar refractivity (Wildman–Crippen MR) is 74.1 cm³/mol. The molecule has 1 atom stereocenters. The summed E-state index contributed by atoms with van der Waals surface area (Å²) in [5, 5.41) is 8.72. The Balaban J connectivity index is 1.85. The maximum Gasteiger partial charge on any atom is 0.311 e. The number of ether oxygens (including phenoxy) is 2. The first-order valence-electron chi connectivity index (χ1n) is 6.54. The molecule has 5 nitrogen and oxygen atoms in total. The molecule has 0 saturated heterocycles. The molecule has 1 aromatic carbocycles. The second-order valence-electron chi connectivity index (χ2n) is 4.88. The van der Waals surface area contributed by atoms with E-state index in [4.69, 9.17) is 14.7 Å². The maximum absolute atomic E-state index is 11.5. The van der Waals surface area contributed by atoms with Crippen LogP contribution in [-0.2, 0) is 4.79 Å². The Morgan fingerprint density at radius 1 is 1.38 bits per heavy atom. The van der Waals surface area contributed by atoms with E-state index in [-0.39, 0.29) is 11.9 Å². The Morgan fingerprint density at radius 2 is 2.24 bits per heavy atom. The molecule has 1 aliphatic rings. The van der Waals surface area contributed by atoms with Gasteiger partial charge < -0.3 is 9.47 Å². The van der Waals surface area contributed by atoms with Crippen LogP contribution in [0, 0.1) is 11.3 Å². The Morgan fingerprint density at radius 3 is 2.95 bits per heavy atom. The van der Waals surface area contributed by atoms with Crippen molar-refractivity contribution in [1.29, 1.82) is 5.26 Å². The van der Waals surface area contributed by atoms with Gasteiger partial charge >= 0.3 is 5.97 Å². The summed E-state index contributed by atoms with van der Waals surface area (Å²) in [6.45, 7) is 1.99. The van der Waals surface area contributed by atoms with Crippen molar-refractivity contribution in [3.8, 4) is 23.4 Å². The summed E-state index contributed by atoms with van der Waals surface area (Å²) in [5.41, 5.74) is 1.46. The van der Waals surface area contributed by atoms with E-state index in [0.29, 0.717) is 29.4 Å². The van der Waals surface area contributed by atoms with Gasteiger partial charge in [-0.2, -0.15) is 5.26 Å². The summed E-state index contributed by atoms with van der Waals surface area (Å²) in [6, 6.07) is 10.6. The van der Waals surface area contributed by atoms with Gasteiger partial charge in [0.05, 0.1) is 12.0 Å². The zero-order chi connectivity index (χ0) is 14.8. The number of fused-ring (bicyclic) bond motifs is 1. The number of hydrogen-bond donors (Lipinski definition) is 0. The number of aromatic nitrogens is 1. The lowest BCUT2D eigenvalue weighted by Gasteiger charge is -2.21. The number of benzene rings is 1. The van der Waals surface area contributed by atoms with E-state index < -0.39 is 0 Å². The number of esters is 1. The lowest BCUT2D eigenvalue weighted by atomic mass is 9.95. The van der Waals surface area contributed by atoms with Gasteiger partial charge in [0.2, 0.25) is 5.88 Å². The second kappa shape index (κ2) is 5.25. The molecule has 3 rings (SSSR count). The minimum Gasteiger partial charge on any atom is -0.439 e. The van der Waals surface area contributed by atoms with Crippen LogP contribution in [0.3, 0.4) is 0 Å². The first-order chi connectivity index (χ1) is 10.2. The smallest absolute Gasteiger partial charge is 0.311 e. The quantitative estimate of drug-likeness (QED) is 0.624. The van der Waals surface area contributed by atoms with Crippen molar-refractivity contribution in [2.75, 3.05) is 0 Å². The van der Waals surface area contributed by atoms with Gasteiger partial charge in [-0.1, -0.05) is 13.0 Å². The molecule has 1 unspecified atom stereocenters. The summed E-state index contributed by atoms with van der Waals surface area (Å²) < 4.78 is 10.8. The third-order valence-electron chi connectivity index (χ3n) is 3.30. The van der Waals surface area contributed by atoms with Crippen LogP contribution in [0.5, 0.6) is 17.4 Å². The topological polar surface area (TPSA) is 72.2 Å². The van der Waals surface area contributed by atoms with E-state index in [1.165, 1.54) is 6.20 Å². The van der Waals surface area contributed by atoms with Gasteiger partial charge in [-0.3, -0.25) is 4.79 Å². The SMILES string of the molecule is CC1CC(=O)Oc2cc(Oc3ccc(C#N)cn3)ccc21. The molecule has 0 radical (unpaired) electrons. The van der Waals surface area contributed by atoms with Crippen LogP contribution in [0.4, 0.5) is 0 Å². The standard InChI is InChI=1S/C16H12N2O3/c1-10-6-16(19)21-14-7-12(3-4-13(10)14)20-15-5-2-11(8-17)9-18-15/h2-5,7,9-10H,6H2,1H3. The fourth-order valence-electron chi connectivity index (χ4n) is 2.23. The molecular weight excluding hydrogens is 268 g/mol. The van der Waals surface area contributed by atoms with Gasteiger partial charge in [-0.25, -0.2) is 4.98 Å². The molecule has 0 spiro atoms. The van der Waals surface area contributed by atoms with Crippen LogP contribution in [0.25, 0.3) is 0 Å². The van der Waals surface area contributed by atoms with Crippen LogP contribution >= 0.6 is 0 Å². The van der Waals surface area contributed by atoms with Crippen molar-refractivity contribution < 1.29 is 14.3 Å². The fraction of sp³-hybridized carbons (Fsp3) is 0.188. The lowest BCUT2D eigenvalue weighted by molar-refractivity contribution is -0.135. The molecular formula is C16H12N2O3. The molecule has 21 heavy (non-hydrogen) atoms. The van der Waals surface area contributed by atoms with E-state index in [1.54, 1.807) is 18.2 Å². The number of nitrogens with zero attached hydrogens (tertiary/aromatic N) is 2. The molecule has 0 amide bonds. The highest BCUT2D eigenvalue weighted by molar-refractivity contribution is 5.76. The highest BCUT2D eigenvalue weighted by Crippen LogP contribution is 2.37. The van der Waals surface area contributed by atoms with Gasteiger partial charge in [0.1, 0.15) is 17.6 Å². The summed E-state index contributed by atoms with van der Waals surface area (Å²) >= 11 is 0. The summed E-state index contributed by atoms with van der Waals surface area (Å²) in [7, 11) is 0. The molecule has 1 aromatic heterocycles. The molecule has 0 aliphatic carbocycles. The highest BCUT2D eigenvalue weighted by Gasteiger charge is 2.24. The third kappa shape index (κ3) is 2.70. The van der Waals surface area contributed by atoms with Crippen LogP contribution in [0.1, 0.15) is 30.4 Å². The van der Waals surface area contributed by atoms with Crippen LogP contribution < -0.4 is 9.47 Å². The van der Waals surface area contributed by atoms with E-state index in [9.17, 15) is 4.79 Å². The average molecular weight is 280 g/mol. The Bertz CT molecular complexity index is 732. The predicted octanol–water partition coefficient (Wildman–Crippen LogP) is 3.16. The highest BCUT2D eigenvalue weighted by atomic mass is 16.5. The zero-order valence-electron chi connectivity index (χ0n) is 11.4.